The molecule has 1 unspecified atom stereocenters. The van der Waals surface area contributed by atoms with E-state index in [-0.39, 0.29) is 0 Å². The summed E-state index contributed by atoms with van der Waals surface area (Å²) in [7, 11) is 1.78. The van der Waals surface area contributed by atoms with Gasteiger partial charge in [0.2, 0.25) is 0 Å². The number of para-hydroxylation sites is 1. The maximum atomic E-state index is 9.01. The van der Waals surface area contributed by atoms with E-state index < -0.39 is 0 Å². The molecule has 1 aromatic rings. The van der Waals surface area contributed by atoms with Gasteiger partial charge in [-0.1, -0.05) is 12.1 Å². The first-order chi connectivity index (χ1) is 10.3. The van der Waals surface area contributed by atoms with Crippen molar-refractivity contribution in [2.45, 2.75) is 19.3 Å². The average molecular weight is 288 g/mol. The Morgan fingerprint density at radius 3 is 3.05 bits per heavy atom. The van der Waals surface area contributed by atoms with Crippen LogP contribution in [0.5, 0.6) is 5.75 Å². The van der Waals surface area contributed by atoms with E-state index in [1.54, 1.807) is 13.2 Å². The van der Waals surface area contributed by atoms with Crippen molar-refractivity contribution < 1.29 is 9.47 Å². The van der Waals surface area contributed by atoms with Gasteiger partial charge in [-0.15, -0.1) is 0 Å². The van der Waals surface area contributed by atoms with E-state index in [0.29, 0.717) is 23.8 Å². The van der Waals surface area contributed by atoms with E-state index in [0.717, 1.165) is 26.1 Å². The zero-order chi connectivity index (χ0) is 14.9. The Bertz CT molecular complexity index is 468. The van der Waals surface area contributed by atoms with Crippen molar-refractivity contribution in [3.63, 3.8) is 0 Å². The van der Waals surface area contributed by atoms with E-state index in [4.69, 9.17) is 14.7 Å². The highest BCUT2D eigenvalue weighted by Gasteiger charge is 2.19. The van der Waals surface area contributed by atoms with Gasteiger partial charge < -0.3 is 14.4 Å². The number of hydrogen-bond donors (Lipinski definition) is 0. The van der Waals surface area contributed by atoms with Crippen molar-refractivity contribution in [3.05, 3.63) is 29.8 Å². The van der Waals surface area contributed by atoms with Crippen LogP contribution in [0, 0.1) is 17.2 Å². The highest BCUT2D eigenvalue weighted by molar-refractivity contribution is 5.42. The second-order valence-corrected chi connectivity index (χ2v) is 5.57. The van der Waals surface area contributed by atoms with Gasteiger partial charge in [-0.05, 0) is 43.9 Å². The first kappa shape index (κ1) is 15.8. The summed E-state index contributed by atoms with van der Waals surface area (Å²) in [6.45, 7) is 4.87. The minimum atomic E-state index is 0.607. The van der Waals surface area contributed by atoms with Crippen molar-refractivity contribution in [2.24, 2.45) is 5.92 Å². The molecular weight excluding hydrogens is 264 g/mol. The Morgan fingerprint density at radius 1 is 1.38 bits per heavy atom. The van der Waals surface area contributed by atoms with Crippen molar-refractivity contribution in [1.82, 2.24) is 4.90 Å². The second-order valence-electron chi connectivity index (χ2n) is 5.57. The van der Waals surface area contributed by atoms with Gasteiger partial charge in [0.15, 0.2) is 0 Å². The van der Waals surface area contributed by atoms with Crippen LogP contribution >= 0.6 is 0 Å². The molecule has 0 amide bonds. The Kier molecular flexibility index (Phi) is 6.52. The summed E-state index contributed by atoms with van der Waals surface area (Å²) in [4.78, 5) is 2.49. The summed E-state index contributed by atoms with van der Waals surface area (Å²) >= 11 is 0. The quantitative estimate of drug-likeness (QED) is 0.724. The number of benzene rings is 1. The van der Waals surface area contributed by atoms with Crippen LogP contribution in [0.2, 0.25) is 0 Å². The van der Waals surface area contributed by atoms with Gasteiger partial charge in [-0.2, -0.15) is 5.26 Å². The summed E-state index contributed by atoms with van der Waals surface area (Å²) in [6, 6.07) is 9.55. The molecule has 4 nitrogen and oxygen atoms in total. The molecule has 0 saturated carbocycles. The van der Waals surface area contributed by atoms with Gasteiger partial charge in [0, 0.05) is 20.2 Å². The Hall–Kier alpha value is -1.57. The first-order valence-corrected chi connectivity index (χ1v) is 7.66. The number of ether oxygens (including phenoxy) is 2. The Balaban J connectivity index is 1.69. The number of rotatable bonds is 7. The lowest BCUT2D eigenvalue weighted by Gasteiger charge is -2.32. The highest BCUT2D eigenvalue weighted by Crippen LogP contribution is 2.18. The zero-order valence-electron chi connectivity index (χ0n) is 12.8. The molecule has 1 aromatic carbocycles. The van der Waals surface area contributed by atoms with Crippen LogP contribution in [0.4, 0.5) is 0 Å². The molecule has 0 bridgehead atoms. The Labute approximate surface area is 127 Å². The van der Waals surface area contributed by atoms with Crippen LogP contribution in [-0.2, 0) is 4.74 Å². The molecule has 0 spiro atoms. The van der Waals surface area contributed by atoms with Gasteiger partial charge in [0.1, 0.15) is 11.8 Å². The SMILES string of the molecule is COCC1CCCN(CCCOc2ccccc2C#N)C1. The molecule has 21 heavy (non-hydrogen) atoms. The molecule has 0 N–H and O–H groups in total. The molecule has 1 heterocycles. The van der Waals surface area contributed by atoms with E-state index in [1.807, 2.05) is 18.2 Å². The van der Waals surface area contributed by atoms with Crippen molar-refractivity contribution in [2.75, 3.05) is 40.0 Å². The van der Waals surface area contributed by atoms with Crippen LogP contribution < -0.4 is 4.74 Å². The maximum absolute atomic E-state index is 9.01. The van der Waals surface area contributed by atoms with E-state index in [9.17, 15) is 0 Å². The third-order valence-electron chi connectivity index (χ3n) is 3.89. The number of nitrogens with zero attached hydrogens (tertiary/aromatic N) is 2. The lowest BCUT2D eigenvalue weighted by Crippen LogP contribution is -2.38. The number of methoxy groups -OCH3 is 1. The molecule has 114 valence electrons. The fourth-order valence-electron chi connectivity index (χ4n) is 2.88. The molecule has 0 aromatic heterocycles. The van der Waals surface area contributed by atoms with Crippen LogP contribution in [-0.4, -0.2) is 44.9 Å². The summed E-state index contributed by atoms with van der Waals surface area (Å²) in [5, 5.41) is 9.01. The first-order valence-electron chi connectivity index (χ1n) is 7.66. The van der Waals surface area contributed by atoms with E-state index in [1.165, 1.54) is 19.4 Å². The third-order valence-corrected chi connectivity index (χ3v) is 3.89. The van der Waals surface area contributed by atoms with Crippen LogP contribution in [0.3, 0.4) is 0 Å². The lowest BCUT2D eigenvalue weighted by atomic mass is 9.99. The zero-order valence-corrected chi connectivity index (χ0v) is 12.8. The van der Waals surface area contributed by atoms with Gasteiger partial charge in [0.05, 0.1) is 18.8 Å². The minimum absolute atomic E-state index is 0.607. The van der Waals surface area contributed by atoms with Gasteiger partial charge in [-0.3, -0.25) is 0 Å². The fraction of sp³-hybridized carbons (Fsp3) is 0.588. The topological polar surface area (TPSA) is 45.5 Å². The van der Waals surface area contributed by atoms with E-state index in [2.05, 4.69) is 11.0 Å². The molecule has 1 aliphatic heterocycles. The largest absolute Gasteiger partial charge is 0.492 e. The molecule has 1 aliphatic rings. The third kappa shape index (κ3) is 5.04. The summed E-state index contributed by atoms with van der Waals surface area (Å²) in [5.74, 6) is 1.36. The maximum Gasteiger partial charge on any atom is 0.137 e. The number of piperidine rings is 1. The monoisotopic (exact) mass is 288 g/mol. The summed E-state index contributed by atoms with van der Waals surface area (Å²) in [6.07, 6.45) is 3.52. The average Bonchev–Trinajstić information content (AvgIpc) is 2.53. The lowest BCUT2D eigenvalue weighted by molar-refractivity contribution is 0.0879. The van der Waals surface area contributed by atoms with Crippen molar-refractivity contribution in [3.8, 4) is 11.8 Å². The number of likely N-dealkylation sites (tertiary alicyclic amines) is 1. The van der Waals surface area contributed by atoms with Crippen LogP contribution in [0.15, 0.2) is 24.3 Å². The van der Waals surface area contributed by atoms with Crippen molar-refractivity contribution >= 4 is 0 Å². The molecule has 4 heteroatoms. The standard InChI is InChI=1S/C17H24N2O2/c1-20-14-15-6-4-9-19(13-15)10-5-11-21-17-8-3-2-7-16(17)12-18/h2-3,7-8,15H,4-6,9-11,13-14H2,1H3. The fourth-order valence-corrected chi connectivity index (χ4v) is 2.88. The summed E-state index contributed by atoms with van der Waals surface area (Å²) < 4.78 is 11.0. The number of nitriles is 1. The van der Waals surface area contributed by atoms with Gasteiger partial charge >= 0.3 is 0 Å². The van der Waals surface area contributed by atoms with E-state index >= 15 is 0 Å². The Morgan fingerprint density at radius 2 is 2.24 bits per heavy atom. The predicted molar refractivity (Wildman–Crippen MR) is 82.3 cm³/mol. The molecule has 0 aliphatic carbocycles. The predicted octanol–water partition coefficient (Wildman–Crippen LogP) is 2.69. The smallest absolute Gasteiger partial charge is 0.137 e. The molecule has 0 radical (unpaired) electrons. The minimum Gasteiger partial charge on any atom is -0.492 e. The molecule has 2 rings (SSSR count). The van der Waals surface area contributed by atoms with Crippen LogP contribution in [0.1, 0.15) is 24.8 Å². The normalized spacial score (nSPS) is 19.1. The highest BCUT2D eigenvalue weighted by atomic mass is 16.5. The molecule has 1 saturated heterocycles. The van der Waals surface area contributed by atoms with Gasteiger partial charge in [0.25, 0.3) is 0 Å². The molecule has 1 atom stereocenters. The molecule has 1 fully saturated rings. The summed E-state index contributed by atoms with van der Waals surface area (Å²) in [5.41, 5.74) is 0.607. The van der Waals surface area contributed by atoms with Crippen LogP contribution in [0.25, 0.3) is 0 Å². The molecular formula is C17H24N2O2. The second kappa shape index (κ2) is 8.66. The number of hydrogen-bond acceptors (Lipinski definition) is 4. The van der Waals surface area contributed by atoms with Crippen molar-refractivity contribution in [1.29, 1.82) is 5.26 Å². The van der Waals surface area contributed by atoms with Gasteiger partial charge in [-0.25, -0.2) is 0 Å².